The summed E-state index contributed by atoms with van der Waals surface area (Å²) in [5.41, 5.74) is -0.0549. The third kappa shape index (κ3) is 4.94. The number of nitrogens with zero attached hydrogens (tertiary/aromatic N) is 2. The zero-order chi connectivity index (χ0) is 17.3. The summed E-state index contributed by atoms with van der Waals surface area (Å²) in [6, 6.07) is 0. The first kappa shape index (κ1) is 23.3. The smallest absolute Gasteiger partial charge is 0.230 e. The Labute approximate surface area is 178 Å². The van der Waals surface area contributed by atoms with Gasteiger partial charge in [-0.05, 0) is 75.9 Å². The van der Waals surface area contributed by atoms with Crippen LogP contribution in [0.25, 0.3) is 0 Å². The molecule has 3 saturated heterocycles. The van der Waals surface area contributed by atoms with Crippen LogP contribution in [0.15, 0.2) is 0 Å². The number of likely N-dealkylation sites (tertiary alicyclic amines) is 2. The summed E-state index contributed by atoms with van der Waals surface area (Å²) in [6.45, 7) is 10.1. The number of hydrogen-bond donors (Lipinski definition) is 1. The second-order valence-corrected chi connectivity index (χ2v) is 9.47. The van der Waals surface area contributed by atoms with Gasteiger partial charge >= 0.3 is 0 Å². The number of fused-ring (bicyclic) bond motifs is 1. The molecule has 3 heterocycles. The highest BCUT2D eigenvalue weighted by atomic mass is 35.5. The summed E-state index contributed by atoms with van der Waals surface area (Å²) in [4.78, 5) is 18.4. The lowest BCUT2D eigenvalue weighted by Gasteiger charge is -2.44. The number of rotatable bonds is 3. The summed E-state index contributed by atoms with van der Waals surface area (Å²) in [7, 11) is 0. The highest BCUT2D eigenvalue weighted by Crippen LogP contribution is 2.45. The highest BCUT2D eigenvalue weighted by Gasteiger charge is 2.51. The highest BCUT2D eigenvalue weighted by molar-refractivity contribution is 5.85. The molecule has 0 aromatic rings. The van der Waals surface area contributed by atoms with Crippen LogP contribution in [0.1, 0.15) is 58.3 Å². The maximum Gasteiger partial charge on any atom is 0.230 e. The van der Waals surface area contributed by atoms with E-state index in [9.17, 15) is 4.79 Å². The number of carbonyl (C=O) groups is 1. The second-order valence-electron chi connectivity index (χ2n) is 9.47. The molecular weight excluding hydrogens is 381 g/mol. The molecule has 0 radical (unpaired) electrons. The van der Waals surface area contributed by atoms with Gasteiger partial charge in [-0.15, -0.1) is 24.8 Å². The van der Waals surface area contributed by atoms with Crippen LogP contribution in [0.5, 0.6) is 0 Å². The van der Waals surface area contributed by atoms with Gasteiger partial charge in [0, 0.05) is 26.2 Å². The van der Waals surface area contributed by atoms with E-state index in [-0.39, 0.29) is 30.2 Å². The molecule has 158 valence electrons. The van der Waals surface area contributed by atoms with Crippen molar-refractivity contribution in [3.63, 3.8) is 0 Å². The van der Waals surface area contributed by atoms with Crippen molar-refractivity contribution in [2.45, 2.75) is 58.3 Å². The third-order valence-corrected chi connectivity index (χ3v) is 7.66. The van der Waals surface area contributed by atoms with Crippen LogP contribution >= 0.6 is 24.8 Å². The number of piperidine rings is 2. The number of carbonyl (C=O) groups excluding carboxylic acids is 1. The molecule has 27 heavy (non-hydrogen) atoms. The first-order valence-electron chi connectivity index (χ1n) is 10.9. The van der Waals surface area contributed by atoms with Crippen molar-refractivity contribution in [2.75, 3.05) is 45.8 Å². The van der Waals surface area contributed by atoms with Crippen LogP contribution < -0.4 is 5.32 Å². The molecular formula is C21H39Cl2N3O. The van der Waals surface area contributed by atoms with E-state index in [1.165, 1.54) is 64.6 Å². The normalized spacial score (nSPS) is 35.1. The molecule has 0 aromatic heterocycles. The molecule has 3 atom stereocenters. The number of amides is 1. The Bertz CT molecular complexity index is 484. The molecule has 0 aromatic carbocycles. The fraction of sp³-hybridized carbons (Fsp3) is 0.952. The van der Waals surface area contributed by atoms with Gasteiger partial charge in [-0.25, -0.2) is 0 Å². The van der Waals surface area contributed by atoms with E-state index < -0.39 is 0 Å². The summed E-state index contributed by atoms with van der Waals surface area (Å²) in [6.07, 6.45) is 10.2. The Hall–Kier alpha value is -0.0300. The SMILES string of the molecule is CC1CCN(CC2CCCN(C(=O)[C@@]34CCCC[C@H]3CNC4)C2)CC1.Cl.Cl. The molecule has 4 nitrogen and oxygen atoms in total. The maximum atomic E-state index is 13.5. The van der Waals surface area contributed by atoms with E-state index in [1.54, 1.807) is 0 Å². The monoisotopic (exact) mass is 419 g/mol. The zero-order valence-electron chi connectivity index (χ0n) is 17.0. The predicted octanol–water partition coefficient (Wildman–Crippen LogP) is 3.58. The quantitative estimate of drug-likeness (QED) is 0.758. The van der Waals surface area contributed by atoms with E-state index in [1.807, 2.05) is 0 Å². The molecule has 4 fully saturated rings. The Morgan fingerprint density at radius 3 is 2.59 bits per heavy atom. The van der Waals surface area contributed by atoms with Gasteiger partial charge in [-0.2, -0.15) is 0 Å². The van der Waals surface area contributed by atoms with Crippen LogP contribution in [-0.2, 0) is 4.79 Å². The molecule has 3 aliphatic heterocycles. The van der Waals surface area contributed by atoms with Crippen molar-refractivity contribution in [3.8, 4) is 0 Å². The van der Waals surface area contributed by atoms with Gasteiger partial charge in [0.15, 0.2) is 0 Å². The van der Waals surface area contributed by atoms with Crippen LogP contribution in [0, 0.1) is 23.2 Å². The average molecular weight is 420 g/mol. The second kappa shape index (κ2) is 10.1. The number of nitrogens with one attached hydrogen (secondary N) is 1. The fourth-order valence-corrected chi connectivity index (χ4v) is 5.99. The van der Waals surface area contributed by atoms with Gasteiger partial charge in [0.25, 0.3) is 0 Å². The molecule has 6 heteroatoms. The Balaban J connectivity index is 0.00000131. The topological polar surface area (TPSA) is 35.6 Å². The average Bonchev–Trinajstić information content (AvgIpc) is 3.08. The lowest BCUT2D eigenvalue weighted by atomic mass is 9.67. The van der Waals surface area contributed by atoms with E-state index in [2.05, 4.69) is 22.0 Å². The lowest BCUT2D eigenvalue weighted by Crippen LogP contribution is -2.53. The Kier molecular flexibility index (Phi) is 8.73. The Morgan fingerprint density at radius 2 is 1.81 bits per heavy atom. The van der Waals surface area contributed by atoms with Crippen molar-refractivity contribution < 1.29 is 4.79 Å². The summed E-state index contributed by atoms with van der Waals surface area (Å²) in [5, 5.41) is 3.55. The van der Waals surface area contributed by atoms with Crippen molar-refractivity contribution in [1.82, 2.24) is 15.1 Å². The van der Waals surface area contributed by atoms with Crippen LogP contribution in [0.3, 0.4) is 0 Å². The van der Waals surface area contributed by atoms with Gasteiger partial charge in [-0.3, -0.25) is 4.79 Å². The molecule has 1 saturated carbocycles. The van der Waals surface area contributed by atoms with Gasteiger partial charge in [-0.1, -0.05) is 19.8 Å². The maximum absolute atomic E-state index is 13.5. The minimum Gasteiger partial charge on any atom is -0.342 e. The lowest BCUT2D eigenvalue weighted by molar-refractivity contribution is -0.147. The van der Waals surface area contributed by atoms with Gasteiger partial charge in [0.2, 0.25) is 5.91 Å². The van der Waals surface area contributed by atoms with Crippen molar-refractivity contribution in [2.24, 2.45) is 23.2 Å². The number of halogens is 2. The molecule has 1 unspecified atom stereocenters. The van der Waals surface area contributed by atoms with Gasteiger partial charge in [0.05, 0.1) is 5.41 Å². The third-order valence-electron chi connectivity index (χ3n) is 7.66. The van der Waals surface area contributed by atoms with Crippen molar-refractivity contribution in [1.29, 1.82) is 0 Å². The van der Waals surface area contributed by atoms with Crippen LogP contribution in [0.2, 0.25) is 0 Å². The van der Waals surface area contributed by atoms with Crippen LogP contribution in [0.4, 0.5) is 0 Å². The molecule has 1 amide bonds. The Morgan fingerprint density at radius 1 is 1.04 bits per heavy atom. The molecule has 0 bridgehead atoms. The molecule has 1 N–H and O–H groups in total. The molecule has 4 aliphatic rings. The number of hydrogen-bond acceptors (Lipinski definition) is 3. The molecule has 4 rings (SSSR count). The first-order valence-corrected chi connectivity index (χ1v) is 10.9. The standard InChI is InChI=1S/C21H37N3O.2ClH/c1-17-7-11-23(12-8-17)14-18-5-4-10-24(15-18)20(25)21-9-3-2-6-19(21)13-22-16-21;;/h17-19,22H,2-16H2,1H3;2*1H/t18?,19-,21+;;/m0../s1. The largest absolute Gasteiger partial charge is 0.342 e. The zero-order valence-corrected chi connectivity index (χ0v) is 18.6. The van der Waals surface area contributed by atoms with E-state index in [0.29, 0.717) is 17.7 Å². The first-order chi connectivity index (χ1) is 12.2. The summed E-state index contributed by atoms with van der Waals surface area (Å²) in [5.74, 6) is 2.69. The van der Waals surface area contributed by atoms with Crippen molar-refractivity contribution >= 4 is 30.7 Å². The fourth-order valence-electron chi connectivity index (χ4n) is 5.99. The minimum absolute atomic E-state index is 0. The van der Waals surface area contributed by atoms with Gasteiger partial charge in [0.1, 0.15) is 0 Å². The van der Waals surface area contributed by atoms with Gasteiger partial charge < -0.3 is 15.1 Å². The molecule has 0 spiro atoms. The summed E-state index contributed by atoms with van der Waals surface area (Å²) < 4.78 is 0. The van der Waals surface area contributed by atoms with Crippen LogP contribution in [-0.4, -0.2) is 61.5 Å². The van der Waals surface area contributed by atoms with E-state index in [0.717, 1.165) is 38.5 Å². The minimum atomic E-state index is -0.0549. The summed E-state index contributed by atoms with van der Waals surface area (Å²) >= 11 is 0. The predicted molar refractivity (Wildman–Crippen MR) is 116 cm³/mol. The van der Waals surface area contributed by atoms with E-state index >= 15 is 0 Å². The van der Waals surface area contributed by atoms with Crippen molar-refractivity contribution in [3.05, 3.63) is 0 Å². The molecule has 1 aliphatic carbocycles. The van der Waals surface area contributed by atoms with E-state index in [4.69, 9.17) is 0 Å².